The van der Waals surface area contributed by atoms with Crippen LogP contribution in [0, 0.1) is 12.8 Å². The van der Waals surface area contributed by atoms with Gasteiger partial charge in [-0.3, -0.25) is 4.79 Å². The normalized spacial score (nSPS) is 20.8. The number of hydrogen-bond donors (Lipinski definition) is 1. The van der Waals surface area contributed by atoms with Gasteiger partial charge in [0.05, 0.1) is 14.2 Å². The minimum Gasteiger partial charge on any atom is -0.493 e. The first-order valence-electron chi connectivity index (χ1n) is 7.68. The van der Waals surface area contributed by atoms with Crippen LogP contribution in [0.2, 0.25) is 0 Å². The summed E-state index contributed by atoms with van der Waals surface area (Å²) in [7, 11) is 5.09. The van der Waals surface area contributed by atoms with Crippen molar-refractivity contribution < 1.29 is 14.3 Å². The summed E-state index contributed by atoms with van der Waals surface area (Å²) >= 11 is 0. The molecule has 0 spiro atoms. The molecule has 1 saturated carbocycles. The van der Waals surface area contributed by atoms with Gasteiger partial charge in [-0.15, -0.1) is 0 Å². The topological polar surface area (TPSA) is 64.8 Å². The summed E-state index contributed by atoms with van der Waals surface area (Å²) in [4.78, 5) is 14.3. The SMILES string of the molecule is COc1cc(C)c(CN(C)C(=O)[C@H]2CC[C@H](N)C2)cc1OC. The molecule has 0 radical (unpaired) electrons. The first-order chi connectivity index (χ1) is 10.5. The molecule has 1 amide bonds. The van der Waals surface area contributed by atoms with E-state index in [1.165, 1.54) is 0 Å². The van der Waals surface area contributed by atoms with Gasteiger partial charge >= 0.3 is 0 Å². The molecule has 0 heterocycles. The molecule has 1 aliphatic carbocycles. The Morgan fingerprint density at radius 2 is 1.91 bits per heavy atom. The second-order valence-corrected chi connectivity index (χ2v) is 6.10. The predicted octanol–water partition coefficient (Wildman–Crippen LogP) is 2.10. The van der Waals surface area contributed by atoms with Gasteiger partial charge in [-0.1, -0.05) is 0 Å². The quantitative estimate of drug-likeness (QED) is 0.905. The van der Waals surface area contributed by atoms with Crippen LogP contribution in [-0.4, -0.2) is 38.1 Å². The van der Waals surface area contributed by atoms with E-state index in [0.717, 1.165) is 30.4 Å². The summed E-state index contributed by atoms with van der Waals surface area (Å²) in [5, 5.41) is 0. The van der Waals surface area contributed by atoms with E-state index in [1.807, 2.05) is 26.1 Å². The van der Waals surface area contributed by atoms with Gasteiger partial charge in [-0.05, 0) is 49.4 Å². The molecule has 0 aliphatic heterocycles. The van der Waals surface area contributed by atoms with E-state index in [1.54, 1.807) is 19.1 Å². The number of benzene rings is 1. The second kappa shape index (κ2) is 7.01. The Morgan fingerprint density at radius 3 is 2.45 bits per heavy atom. The van der Waals surface area contributed by atoms with Crippen molar-refractivity contribution in [3.8, 4) is 11.5 Å². The molecule has 0 bridgehead atoms. The van der Waals surface area contributed by atoms with Crippen molar-refractivity contribution in [3.63, 3.8) is 0 Å². The first kappa shape index (κ1) is 16.6. The molecule has 2 rings (SSSR count). The monoisotopic (exact) mass is 306 g/mol. The van der Waals surface area contributed by atoms with Crippen molar-refractivity contribution >= 4 is 5.91 Å². The van der Waals surface area contributed by atoms with Gasteiger partial charge in [-0.2, -0.15) is 0 Å². The molecule has 0 unspecified atom stereocenters. The van der Waals surface area contributed by atoms with Crippen molar-refractivity contribution in [2.75, 3.05) is 21.3 Å². The van der Waals surface area contributed by atoms with Gasteiger partial charge < -0.3 is 20.1 Å². The van der Waals surface area contributed by atoms with E-state index in [0.29, 0.717) is 18.0 Å². The van der Waals surface area contributed by atoms with E-state index in [2.05, 4.69) is 0 Å². The molecule has 2 atom stereocenters. The number of aryl methyl sites for hydroxylation is 1. The van der Waals surface area contributed by atoms with E-state index in [4.69, 9.17) is 15.2 Å². The van der Waals surface area contributed by atoms with Gasteiger partial charge in [-0.25, -0.2) is 0 Å². The molecular weight excluding hydrogens is 280 g/mol. The standard InChI is InChI=1S/C17H26N2O3/c1-11-7-15(21-3)16(22-4)9-13(11)10-19(2)17(20)12-5-6-14(18)8-12/h7,9,12,14H,5-6,8,10,18H2,1-4H3/t12-,14-/m0/s1. The minimum atomic E-state index is 0.0699. The Morgan fingerprint density at radius 1 is 1.27 bits per heavy atom. The van der Waals surface area contributed by atoms with Crippen molar-refractivity contribution in [2.24, 2.45) is 11.7 Å². The number of methoxy groups -OCH3 is 2. The average molecular weight is 306 g/mol. The highest BCUT2D eigenvalue weighted by Gasteiger charge is 2.29. The lowest BCUT2D eigenvalue weighted by molar-refractivity contribution is -0.134. The third-order valence-electron chi connectivity index (χ3n) is 4.45. The zero-order valence-electron chi connectivity index (χ0n) is 13.9. The van der Waals surface area contributed by atoms with E-state index < -0.39 is 0 Å². The highest BCUT2D eigenvalue weighted by molar-refractivity contribution is 5.79. The number of nitrogens with two attached hydrogens (primary N) is 1. The predicted molar refractivity (Wildman–Crippen MR) is 86.1 cm³/mol. The zero-order valence-corrected chi connectivity index (χ0v) is 13.9. The first-order valence-corrected chi connectivity index (χ1v) is 7.68. The van der Waals surface area contributed by atoms with Crippen LogP contribution < -0.4 is 15.2 Å². The Hall–Kier alpha value is -1.75. The number of carbonyl (C=O) groups is 1. The molecule has 5 heteroatoms. The third-order valence-corrected chi connectivity index (χ3v) is 4.45. The van der Waals surface area contributed by atoms with Gasteiger partial charge in [0.25, 0.3) is 0 Å². The van der Waals surface area contributed by atoms with Crippen molar-refractivity contribution in [2.45, 2.75) is 38.8 Å². The van der Waals surface area contributed by atoms with Crippen LogP contribution in [0.1, 0.15) is 30.4 Å². The lowest BCUT2D eigenvalue weighted by atomic mass is 10.0. The van der Waals surface area contributed by atoms with Crippen LogP contribution in [0.15, 0.2) is 12.1 Å². The Labute approximate surface area is 132 Å². The summed E-state index contributed by atoms with van der Waals surface area (Å²) in [6.07, 6.45) is 2.64. The summed E-state index contributed by atoms with van der Waals surface area (Å²) in [5.74, 6) is 1.65. The maximum atomic E-state index is 12.5. The highest BCUT2D eigenvalue weighted by Crippen LogP contribution is 2.31. The van der Waals surface area contributed by atoms with Crippen molar-refractivity contribution in [1.82, 2.24) is 4.90 Å². The number of carbonyl (C=O) groups excluding carboxylic acids is 1. The van der Waals surface area contributed by atoms with Gasteiger partial charge in [0.2, 0.25) is 5.91 Å². The number of rotatable bonds is 5. The van der Waals surface area contributed by atoms with Gasteiger partial charge in [0.15, 0.2) is 11.5 Å². The number of amides is 1. The lowest BCUT2D eigenvalue weighted by Gasteiger charge is -2.23. The van der Waals surface area contributed by atoms with Crippen LogP contribution >= 0.6 is 0 Å². The summed E-state index contributed by atoms with van der Waals surface area (Å²) in [6.45, 7) is 2.58. The zero-order chi connectivity index (χ0) is 16.3. The van der Waals surface area contributed by atoms with Gasteiger partial charge in [0, 0.05) is 25.6 Å². The van der Waals surface area contributed by atoms with Crippen LogP contribution in [-0.2, 0) is 11.3 Å². The number of ether oxygens (including phenoxy) is 2. The molecule has 122 valence electrons. The van der Waals surface area contributed by atoms with Crippen molar-refractivity contribution in [3.05, 3.63) is 23.3 Å². The molecule has 0 aromatic heterocycles. The Bertz CT molecular complexity index is 545. The largest absolute Gasteiger partial charge is 0.493 e. The summed E-state index contributed by atoms with van der Waals surface area (Å²) < 4.78 is 10.6. The maximum Gasteiger partial charge on any atom is 0.225 e. The van der Waals surface area contributed by atoms with Crippen molar-refractivity contribution in [1.29, 1.82) is 0 Å². The smallest absolute Gasteiger partial charge is 0.225 e. The van der Waals surface area contributed by atoms with E-state index in [9.17, 15) is 4.79 Å². The lowest BCUT2D eigenvalue weighted by Crippen LogP contribution is -2.32. The molecule has 22 heavy (non-hydrogen) atoms. The summed E-state index contributed by atoms with van der Waals surface area (Å²) in [5.41, 5.74) is 8.06. The molecule has 1 aromatic carbocycles. The van der Waals surface area contributed by atoms with E-state index in [-0.39, 0.29) is 17.9 Å². The molecule has 0 saturated heterocycles. The number of hydrogen-bond acceptors (Lipinski definition) is 4. The molecular formula is C17H26N2O3. The molecule has 1 aromatic rings. The number of nitrogens with zero attached hydrogens (tertiary/aromatic N) is 1. The van der Waals surface area contributed by atoms with Crippen LogP contribution in [0.4, 0.5) is 0 Å². The molecule has 2 N–H and O–H groups in total. The Balaban J connectivity index is 2.11. The van der Waals surface area contributed by atoms with Crippen LogP contribution in [0.3, 0.4) is 0 Å². The van der Waals surface area contributed by atoms with Gasteiger partial charge in [0.1, 0.15) is 0 Å². The molecule has 5 nitrogen and oxygen atoms in total. The third kappa shape index (κ3) is 3.53. The maximum absolute atomic E-state index is 12.5. The Kier molecular flexibility index (Phi) is 5.29. The van der Waals surface area contributed by atoms with Crippen LogP contribution in [0.25, 0.3) is 0 Å². The fourth-order valence-corrected chi connectivity index (χ4v) is 3.08. The molecule has 1 fully saturated rings. The minimum absolute atomic E-state index is 0.0699. The fraction of sp³-hybridized carbons (Fsp3) is 0.588. The second-order valence-electron chi connectivity index (χ2n) is 6.10. The van der Waals surface area contributed by atoms with Crippen LogP contribution in [0.5, 0.6) is 11.5 Å². The average Bonchev–Trinajstić information content (AvgIpc) is 2.94. The van der Waals surface area contributed by atoms with E-state index >= 15 is 0 Å². The fourth-order valence-electron chi connectivity index (χ4n) is 3.08. The highest BCUT2D eigenvalue weighted by atomic mass is 16.5. The molecule has 1 aliphatic rings. The summed E-state index contributed by atoms with van der Waals surface area (Å²) in [6, 6.07) is 4.06.